The van der Waals surface area contributed by atoms with E-state index < -0.39 is 0 Å². The van der Waals surface area contributed by atoms with Gasteiger partial charge in [0.05, 0.1) is 11.2 Å². The number of pyridine rings is 1. The fourth-order valence-corrected chi connectivity index (χ4v) is 2.46. The number of fused-ring (bicyclic) bond motifs is 1. The third kappa shape index (κ3) is 1.75. The van der Waals surface area contributed by atoms with Crippen LogP contribution in [0, 0.1) is 5.92 Å². The fourth-order valence-electron chi connectivity index (χ4n) is 2.46. The predicted molar refractivity (Wildman–Crippen MR) is 69.3 cm³/mol. The third-order valence-electron chi connectivity index (χ3n) is 3.38. The highest BCUT2D eigenvalue weighted by Crippen LogP contribution is 2.30. The van der Waals surface area contributed by atoms with Gasteiger partial charge in [0.1, 0.15) is 0 Å². The number of aromatic nitrogens is 1. The first-order chi connectivity index (χ1) is 8.79. The van der Waals surface area contributed by atoms with E-state index in [0.717, 1.165) is 16.6 Å². The quantitative estimate of drug-likeness (QED) is 0.870. The zero-order valence-corrected chi connectivity index (χ0v) is 9.91. The first kappa shape index (κ1) is 11.2. The van der Waals surface area contributed by atoms with Crippen LogP contribution >= 0.6 is 0 Å². The van der Waals surface area contributed by atoms with Crippen LogP contribution in [0.1, 0.15) is 6.42 Å². The summed E-state index contributed by atoms with van der Waals surface area (Å²) in [6.45, 7) is 0.647. The normalized spacial score (nSPS) is 19.7. The number of hydrogen-bond donors (Lipinski definition) is 1. The molecular weight excluding hydrogens is 228 g/mol. The van der Waals surface area contributed by atoms with Crippen LogP contribution < -0.4 is 4.90 Å². The molecule has 4 nitrogen and oxygen atoms in total. The molecule has 1 atom stereocenters. The number of hydrogen-bond acceptors (Lipinski definition) is 3. The zero-order chi connectivity index (χ0) is 12.5. The van der Waals surface area contributed by atoms with Gasteiger partial charge in [0.25, 0.3) is 0 Å². The van der Waals surface area contributed by atoms with Crippen molar-refractivity contribution in [3.05, 3.63) is 36.5 Å². The average molecular weight is 242 g/mol. The molecule has 1 saturated heterocycles. The van der Waals surface area contributed by atoms with Crippen LogP contribution in [0.15, 0.2) is 36.5 Å². The molecule has 1 unspecified atom stereocenters. The van der Waals surface area contributed by atoms with Crippen LogP contribution in [0.3, 0.4) is 0 Å². The number of carbonyl (C=O) groups excluding carboxylic acids is 1. The number of anilines is 1. The Bertz CT molecular complexity index is 592. The molecule has 3 rings (SSSR count). The van der Waals surface area contributed by atoms with Crippen molar-refractivity contribution >= 4 is 22.5 Å². The van der Waals surface area contributed by atoms with Gasteiger partial charge in [-0.05, 0) is 24.3 Å². The Morgan fingerprint density at radius 2 is 2.22 bits per heavy atom. The Balaban J connectivity index is 2.07. The maximum atomic E-state index is 12.0. The van der Waals surface area contributed by atoms with Crippen molar-refractivity contribution in [3.8, 4) is 0 Å². The largest absolute Gasteiger partial charge is 0.396 e. The van der Waals surface area contributed by atoms with E-state index in [1.165, 1.54) is 0 Å². The van der Waals surface area contributed by atoms with Gasteiger partial charge in [0.2, 0.25) is 5.91 Å². The minimum Gasteiger partial charge on any atom is -0.396 e. The summed E-state index contributed by atoms with van der Waals surface area (Å²) in [4.78, 5) is 18.0. The Morgan fingerprint density at radius 1 is 1.33 bits per heavy atom. The summed E-state index contributed by atoms with van der Waals surface area (Å²) in [5.41, 5.74) is 1.77. The van der Waals surface area contributed by atoms with E-state index in [4.69, 9.17) is 0 Å². The molecule has 1 N–H and O–H groups in total. The fraction of sp³-hybridized carbons (Fsp3) is 0.286. The van der Waals surface area contributed by atoms with E-state index in [2.05, 4.69) is 4.98 Å². The lowest BCUT2D eigenvalue weighted by atomic mass is 10.1. The number of rotatable bonds is 2. The molecule has 1 amide bonds. The molecule has 1 aromatic heterocycles. The van der Waals surface area contributed by atoms with Crippen LogP contribution in [0.2, 0.25) is 0 Å². The lowest BCUT2D eigenvalue weighted by Crippen LogP contribution is -2.25. The lowest BCUT2D eigenvalue weighted by Gasteiger charge is -2.18. The van der Waals surface area contributed by atoms with Crippen LogP contribution in [0.25, 0.3) is 10.9 Å². The molecule has 0 aliphatic carbocycles. The summed E-state index contributed by atoms with van der Waals surface area (Å²) in [5.74, 6) is 0.120. The molecule has 1 aromatic carbocycles. The van der Waals surface area contributed by atoms with Gasteiger partial charge in [-0.2, -0.15) is 0 Å². The molecule has 0 spiro atoms. The van der Waals surface area contributed by atoms with Crippen molar-refractivity contribution in [2.24, 2.45) is 5.92 Å². The molecule has 0 bridgehead atoms. The molecule has 92 valence electrons. The molecular formula is C14H14N2O2. The Morgan fingerprint density at radius 3 is 3.00 bits per heavy atom. The van der Waals surface area contributed by atoms with E-state index in [1.807, 2.05) is 30.3 Å². The minimum absolute atomic E-state index is 0.0458. The van der Waals surface area contributed by atoms with Gasteiger partial charge in [0.15, 0.2) is 0 Å². The van der Waals surface area contributed by atoms with Gasteiger partial charge >= 0.3 is 0 Å². The molecule has 1 aliphatic heterocycles. The van der Waals surface area contributed by atoms with Crippen molar-refractivity contribution in [3.63, 3.8) is 0 Å². The lowest BCUT2D eigenvalue weighted by molar-refractivity contribution is -0.117. The third-order valence-corrected chi connectivity index (χ3v) is 3.38. The SMILES string of the molecule is O=C1CC(CO)CN1c1cccc2ncccc12. The molecule has 1 aliphatic rings. The van der Waals surface area contributed by atoms with E-state index in [9.17, 15) is 9.90 Å². The highest BCUT2D eigenvalue weighted by atomic mass is 16.3. The van der Waals surface area contributed by atoms with Crippen LogP contribution in [0.5, 0.6) is 0 Å². The van der Waals surface area contributed by atoms with Crippen molar-refractivity contribution in [1.29, 1.82) is 0 Å². The summed E-state index contributed by atoms with van der Waals surface area (Å²) < 4.78 is 0. The van der Waals surface area contributed by atoms with E-state index >= 15 is 0 Å². The smallest absolute Gasteiger partial charge is 0.227 e. The van der Waals surface area contributed by atoms with Crippen molar-refractivity contribution < 1.29 is 9.90 Å². The summed E-state index contributed by atoms with van der Waals surface area (Å²) >= 11 is 0. The molecule has 2 heterocycles. The second-order valence-corrected chi connectivity index (χ2v) is 4.60. The summed E-state index contributed by atoms with van der Waals surface area (Å²) in [6.07, 6.45) is 2.17. The monoisotopic (exact) mass is 242 g/mol. The molecule has 4 heteroatoms. The second-order valence-electron chi connectivity index (χ2n) is 4.60. The maximum Gasteiger partial charge on any atom is 0.227 e. The molecule has 1 fully saturated rings. The number of aliphatic hydroxyl groups excluding tert-OH is 1. The highest BCUT2D eigenvalue weighted by molar-refractivity contribution is 6.04. The molecule has 0 radical (unpaired) electrons. The summed E-state index contributed by atoms with van der Waals surface area (Å²) in [6, 6.07) is 9.61. The van der Waals surface area contributed by atoms with Crippen molar-refractivity contribution in [2.45, 2.75) is 6.42 Å². The van der Waals surface area contributed by atoms with Crippen molar-refractivity contribution in [1.82, 2.24) is 4.98 Å². The number of carbonyl (C=O) groups is 1. The molecule has 18 heavy (non-hydrogen) atoms. The van der Waals surface area contributed by atoms with Crippen molar-refractivity contribution in [2.75, 3.05) is 18.1 Å². The van der Waals surface area contributed by atoms with E-state index in [1.54, 1.807) is 11.1 Å². The predicted octanol–water partition coefficient (Wildman–Crippen LogP) is 1.58. The second kappa shape index (κ2) is 4.38. The first-order valence-corrected chi connectivity index (χ1v) is 6.04. The minimum atomic E-state index is 0.0458. The van der Waals surface area contributed by atoms with Gasteiger partial charge in [0, 0.05) is 37.1 Å². The van der Waals surface area contributed by atoms with Crippen LogP contribution in [-0.2, 0) is 4.79 Å². The summed E-state index contributed by atoms with van der Waals surface area (Å²) in [5, 5.41) is 10.1. The van der Waals surface area contributed by atoms with Gasteiger partial charge in [-0.1, -0.05) is 6.07 Å². The maximum absolute atomic E-state index is 12.0. The topological polar surface area (TPSA) is 53.4 Å². The summed E-state index contributed by atoms with van der Waals surface area (Å²) in [7, 11) is 0. The number of nitrogens with zero attached hydrogens (tertiary/aromatic N) is 2. The first-order valence-electron chi connectivity index (χ1n) is 6.04. The van der Waals surface area contributed by atoms with Gasteiger partial charge in [-0.15, -0.1) is 0 Å². The van der Waals surface area contributed by atoms with E-state index in [0.29, 0.717) is 13.0 Å². The average Bonchev–Trinajstić information content (AvgIpc) is 2.79. The Labute approximate surface area is 105 Å². The van der Waals surface area contributed by atoms with Crippen LogP contribution in [-0.4, -0.2) is 29.1 Å². The zero-order valence-electron chi connectivity index (χ0n) is 9.91. The van der Waals surface area contributed by atoms with Gasteiger partial charge < -0.3 is 10.0 Å². The number of amides is 1. The number of benzene rings is 1. The Hall–Kier alpha value is -1.94. The Kier molecular flexibility index (Phi) is 2.72. The molecule has 0 saturated carbocycles. The standard InChI is InChI=1S/C14H14N2O2/c17-9-10-7-14(18)16(8-10)13-5-1-4-12-11(13)3-2-6-15-12/h1-6,10,17H,7-9H2. The van der Waals surface area contributed by atoms with Gasteiger partial charge in [-0.3, -0.25) is 9.78 Å². The molecule has 2 aromatic rings. The van der Waals surface area contributed by atoms with Crippen LogP contribution in [0.4, 0.5) is 5.69 Å². The van der Waals surface area contributed by atoms with Gasteiger partial charge in [-0.25, -0.2) is 0 Å². The number of aliphatic hydroxyl groups is 1. The van der Waals surface area contributed by atoms with E-state index in [-0.39, 0.29) is 18.4 Å². The highest BCUT2D eigenvalue weighted by Gasteiger charge is 2.30.